The van der Waals surface area contributed by atoms with Crippen LogP contribution in [0.5, 0.6) is 0 Å². The second kappa shape index (κ2) is 9.78. The number of benzene rings is 2. The summed E-state index contributed by atoms with van der Waals surface area (Å²) in [6.07, 6.45) is 3.80. The summed E-state index contributed by atoms with van der Waals surface area (Å²) in [5.74, 6) is -2.73. The van der Waals surface area contributed by atoms with E-state index in [9.17, 15) is 18.8 Å². The van der Waals surface area contributed by atoms with E-state index < -0.39 is 23.4 Å². The number of aldehydes is 1. The van der Waals surface area contributed by atoms with Crippen molar-refractivity contribution in [3.63, 3.8) is 0 Å². The lowest BCUT2D eigenvalue weighted by Crippen LogP contribution is -2.25. The molecule has 0 saturated heterocycles. The highest BCUT2D eigenvalue weighted by molar-refractivity contribution is 6.35. The molecule has 0 aliphatic heterocycles. The third kappa shape index (κ3) is 4.95. The Balaban J connectivity index is 1.76. The summed E-state index contributed by atoms with van der Waals surface area (Å²) < 4.78 is 14.7. The van der Waals surface area contributed by atoms with Gasteiger partial charge in [0.1, 0.15) is 24.7 Å². The van der Waals surface area contributed by atoms with E-state index in [4.69, 9.17) is 5.41 Å². The Morgan fingerprint density at radius 3 is 2.53 bits per heavy atom. The van der Waals surface area contributed by atoms with Gasteiger partial charge in [0.15, 0.2) is 11.5 Å². The molecule has 2 aromatic carbocycles. The Hall–Kier alpha value is -4.13. The van der Waals surface area contributed by atoms with Gasteiger partial charge < -0.3 is 4.79 Å². The van der Waals surface area contributed by atoms with Gasteiger partial charge in [-0.1, -0.05) is 12.1 Å². The monoisotopic (exact) mass is 430 g/mol. The average molecular weight is 430 g/mol. The lowest BCUT2D eigenvalue weighted by atomic mass is 9.89. The minimum atomic E-state index is -1.14. The summed E-state index contributed by atoms with van der Waals surface area (Å²) in [4.78, 5) is 41.0. The number of carbonyl (C=O) groups is 3. The van der Waals surface area contributed by atoms with Gasteiger partial charge in [-0.2, -0.15) is 0 Å². The van der Waals surface area contributed by atoms with E-state index in [1.807, 2.05) is 0 Å². The minimum Gasteiger partial charge on any atom is -0.302 e. The predicted octanol–water partition coefficient (Wildman–Crippen LogP) is 3.83. The second-order valence-corrected chi connectivity index (χ2v) is 7.28. The summed E-state index contributed by atoms with van der Waals surface area (Å²) in [7, 11) is 0. The Morgan fingerprint density at radius 2 is 1.91 bits per heavy atom. The predicted molar refractivity (Wildman–Crippen MR) is 118 cm³/mol. The van der Waals surface area contributed by atoms with Crippen molar-refractivity contribution in [2.45, 2.75) is 19.3 Å². The highest BCUT2D eigenvalue weighted by atomic mass is 19.1. The third-order valence-electron chi connectivity index (χ3n) is 5.07. The second-order valence-electron chi connectivity index (χ2n) is 7.28. The van der Waals surface area contributed by atoms with Crippen LogP contribution in [0.3, 0.4) is 0 Å². The minimum absolute atomic E-state index is 0.114. The first kappa shape index (κ1) is 22.6. The Kier molecular flexibility index (Phi) is 6.90. The molecule has 1 aromatic heterocycles. The smallest absolute Gasteiger partial charge is 0.302 e. The van der Waals surface area contributed by atoms with Crippen molar-refractivity contribution in [2.75, 3.05) is 0 Å². The van der Waals surface area contributed by atoms with Crippen molar-refractivity contribution in [1.82, 2.24) is 4.98 Å². The van der Waals surface area contributed by atoms with Crippen LogP contribution in [0, 0.1) is 18.2 Å². The molecule has 0 bridgehead atoms. The molecule has 3 rings (SSSR count). The summed E-state index contributed by atoms with van der Waals surface area (Å²) in [5, 5.41) is 8.05. The number of nitrogens with one attached hydrogen (secondary N) is 1. The molecule has 7 heteroatoms. The Labute approximate surface area is 184 Å². The molecule has 1 amide bonds. The van der Waals surface area contributed by atoms with Crippen LogP contribution in [-0.4, -0.2) is 40.0 Å². The maximum atomic E-state index is 13.6. The molecule has 0 aliphatic carbocycles. The van der Waals surface area contributed by atoms with Gasteiger partial charge in [0.2, 0.25) is 5.69 Å². The van der Waals surface area contributed by atoms with Crippen molar-refractivity contribution in [1.29, 1.82) is 5.41 Å². The van der Waals surface area contributed by atoms with Gasteiger partial charge in [-0.25, -0.2) is 9.18 Å². The van der Waals surface area contributed by atoms with Crippen LogP contribution in [0.25, 0.3) is 0 Å². The highest BCUT2D eigenvalue weighted by Gasteiger charge is 2.26. The fraction of sp³-hybridized carbons (Fsp3) is 0.120. The number of carbonyl (C=O) groups excluding carboxylic acids is 3. The van der Waals surface area contributed by atoms with Crippen LogP contribution in [0.4, 0.5) is 10.1 Å². The topological polar surface area (TPSA) is 91.0 Å². The summed E-state index contributed by atoms with van der Waals surface area (Å²) in [6, 6.07) is 13.4. The fourth-order valence-electron chi connectivity index (χ4n) is 3.27. The molecule has 32 heavy (non-hydrogen) atoms. The molecule has 160 valence electrons. The number of halogens is 1. The number of hydrogen-bond donors (Lipinski definition) is 1. The van der Waals surface area contributed by atoms with E-state index in [0.29, 0.717) is 23.1 Å². The molecule has 0 saturated carbocycles. The molecular weight excluding hydrogens is 409 g/mol. The number of Topliss-reactive ketones (excluding diaryl/α,β-unsaturated/α-hetero) is 1. The summed E-state index contributed by atoms with van der Waals surface area (Å²) in [5.41, 5.74) is 2.14. The van der Waals surface area contributed by atoms with Crippen LogP contribution in [0.15, 0.2) is 67.0 Å². The maximum Gasteiger partial charge on any atom is 0.438 e. The standard InChI is InChI=1S/C25H21FN3O3/c1-16-5-8-19(26)13-21(16)22(15-30)24(31)18-6-9-20(10-7-18)29(2)25(32)23(27)12-17-4-3-11-28-14-17/h3-11,13-15,22,27H,2,12H2,1H3/q+1. The molecule has 0 radical (unpaired) electrons. The lowest BCUT2D eigenvalue weighted by molar-refractivity contribution is -0.349. The van der Waals surface area contributed by atoms with Gasteiger partial charge in [-0.3, -0.25) is 15.2 Å². The van der Waals surface area contributed by atoms with E-state index in [-0.39, 0.29) is 17.7 Å². The molecule has 0 spiro atoms. The molecule has 0 fully saturated rings. The lowest BCUT2D eigenvalue weighted by Gasteiger charge is -2.13. The van der Waals surface area contributed by atoms with Crippen molar-refractivity contribution in [3.8, 4) is 0 Å². The van der Waals surface area contributed by atoms with Crippen LogP contribution in [-0.2, 0) is 16.0 Å². The van der Waals surface area contributed by atoms with Gasteiger partial charge in [0.05, 0.1) is 0 Å². The molecule has 0 aliphatic rings. The van der Waals surface area contributed by atoms with Crippen LogP contribution in [0.1, 0.15) is 33.0 Å². The van der Waals surface area contributed by atoms with Gasteiger partial charge in [-0.05, 0) is 53.9 Å². The molecule has 3 aromatic rings. The van der Waals surface area contributed by atoms with E-state index in [0.717, 1.165) is 10.1 Å². The zero-order valence-corrected chi connectivity index (χ0v) is 17.4. The molecule has 1 unspecified atom stereocenters. The maximum absolute atomic E-state index is 13.6. The van der Waals surface area contributed by atoms with Gasteiger partial charge >= 0.3 is 5.91 Å². The number of aromatic nitrogens is 1. The first-order valence-corrected chi connectivity index (χ1v) is 9.78. The number of pyridine rings is 1. The average Bonchev–Trinajstić information content (AvgIpc) is 2.81. The molecular formula is C25H21FN3O3+. The highest BCUT2D eigenvalue weighted by Crippen LogP contribution is 2.24. The SMILES string of the molecule is C=[N+](C(=O)C(=N)Cc1cccnc1)c1ccc(C(=O)C(C=O)c2cc(F)ccc2C)cc1. The van der Waals surface area contributed by atoms with Gasteiger partial charge in [0.25, 0.3) is 0 Å². The van der Waals surface area contributed by atoms with Crippen LogP contribution < -0.4 is 0 Å². The quantitative estimate of drug-likeness (QED) is 0.193. The third-order valence-corrected chi connectivity index (χ3v) is 5.07. The Morgan fingerprint density at radius 1 is 1.19 bits per heavy atom. The van der Waals surface area contributed by atoms with E-state index >= 15 is 0 Å². The van der Waals surface area contributed by atoms with E-state index in [1.54, 1.807) is 31.5 Å². The van der Waals surface area contributed by atoms with Gasteiger partial charge in [-0.15, -0.1) is 4.58 Å². The summed E-state index contributed by atoms with van der Waals surface area (Å²) >= 11 is 0. The van der Waals surface area contributed by atoms with E-state index in [2.05, 4.69) is 11.7 Å². The van der Waals surface area contributed by atoms with Crippen molar-refractivity contribution in [3.05, 3.63) is 95.1 Å². The fourth-order valence-corrected chi connectivity index (χ4v) is 3.27. The number of rotatable bonds is 8. The number of hydrogen-bond acceptors (Lipinski definition) is 5. The number of nitrogens with zero attached hydrogens (tertiary/aromatic N) is 2. The Bertz CT molecular complexity index is 1200. The molecule has 1 atom stereocenters. The zero-order chi connectivity index (χ0) is 23.3. The number of aryl methyl sites for hydroxylation is 1. The normalized spacial score (nSPS) is 11.4. The van der Waals surface area contributed by atoms with Crippen LogP contribution in [0.2, 0.25) is 0 Å². The van der Waals surface area contributed by atoms with Gasteiger partial charge in [0, 0.05) is 36.5 Å². The summed E-state index contributed by atoms with van der Waals surface area (Å²) in [6.45, 7) is 5.41. The van der Waals surface area contributed by atoms with Crippen LogP contribution >= 0.6 is 0 Å². The molecule has 1 heterocycles. The van der Waals surface area contributed by atoms with Crippen molar-refractivity contribution < 1.29 is 23.3 Å². The first-order chi connectivity index (χ1) is 15.3. The van der Waals surface area contributed by atoms with Crippen molar-refractivity contribution in [2.24, 2.45) is 0 Å². The first-order valence-electron chi connectivity index (χ1n) is 9.78. The van der Waals surface area contributed by atoms with E-state index in [1.165, 1.54) is 42.5 Å². The zero-order valence-electron chi connectivity index (χ0n) is 17.4. The molecule has 6 nitrogen and oxygen atoms in total. The number of amides is 1. The molecule has 1 N–H and O–H groups in total. The largest absolute Gasteiger partial charge is 0.438 e. The number of ketones is 1. The van der Waals surface area contributed by atoms with Crippen molar-refractivity contribution >= 4 is 36.1 Å².